The van der Waals surface area contributed by atoms with Gasteiger partial charge < -0.3 is 9.47 Å². The SMILES string of the molecule is COc1cc(/C=N/NC(=O)c2ccccc2Br)ccc1Oc1ccc([N+](=O)[O-])cn1. The van der Waals surface area contributed by atoms with E-state index in [9.17, 15) is 14.9 Å². The second-order valence-corrected chi connectivity index (χ2v) is 6.66. The molecule has 1 N–H and O–H groups in total. The van der Waals surface area contributed by atoms with Gasteiger partial charge in [-0.05, 0) is 51.8 Å². The molecule has 10 heteroatoms. The van der Waals surface area contributed by atoms with Gasteiger partial charge in [0.25, 0.3) is 11.6 Å². The van der Waals surface area contributed by atoms with E-state index in [2.05, 4.69) is 31.4 Å². The van der Waals surface area contributed by atoms with E-state index in [1.54, 1.807) is 36.4 Å². The molecule has 0 bridgehead atoms. The van der Waals surface area contributed by atoms with E-state index in [0.29, 0.717) is 27.1 Å². The van der Waals surface area contributed by atoms with Crippen LogP contribution >= 0.6 is 15.9 Å². The first-order valence-electron chi connectivity index (χ1n) is 8.52. The maximum atomic E-state index is 12.2. The Labute approximate surface area is 179 Å². The number of nitro groups is 1. The summed E-state index contributed by atoms with van der Waals surface area (Å²) in [6.07, 6.45) is 2.57. The van der Waals surface area contributed by atoms with Gasteiger partial charge in [0.1, 0.15) is 6.20 Å². The van der Waals surface area contributed by atoms with Crippen LogP contribution in [0.4, 0.5) is 5.69 Å². The van der Waals surface area contributed by atoms with Crippen molar-refractivity contribution in [3.05, 3.63) is 86.5 Å². The van der Waals surface area contributed by atoms with Gasteiger partial charge in [-0.3, -0.25) is 14.9 Å². The van der Waals surface area contributed by atoms with E-state index in [4.69, 9.17) is 9.47 Å². The van der Waals surface area contributed by atoms with Crippen molar-refractivity contribution in [3.8, 4) is 17.4 Å². The van der Waals surface area contributed by atoms with Crippen LogP contribution in [-0.2, 0) is 0 Å². The van der Waals surface area contributed by atoms with Gasteiger partial charge in [-0.15, -0.1) is 0 Å². The van der Waals surface area contributed by atoms with Gasteiger partial charge in [0.05, 0.1) is 23.8 Å². The molecule has 0 aliphatic heterocycles. The van der Waals surface area contributed by atoms with Crippen LogP contribution in [0.25, 0.3) is 0 Å². The number of amides is 1. The maximum absolute atomic E-state index is 12.2. The molecule has 9 nitrogen and oxygen atoms in total. The Bertz CT molecular complexity index is 1100. The number of nitrogens with zero attached hydrogens (tertiary/aromatic N) is 3. The fourth-order valence-corrected chi connectivity index (χ4v) is 2.84. The van der Waals surface area contributed by atoms with E-state index in [1.807, 2.05) is 6.07 Å². The van der Waals surface area contributed by atoms with Gasteiger partial charge in [-0.1, -0.05) is 12.1 Å². The lowest BCUT2D eigenvalue weighted by Gasteiger charge is -2.10. The summed E-state index contributed by atoms with van der Waals surface area (Å²) < 4.78 is 11.6. The fourth-order valence-electron chi connectivity index (χ4n) is 2.37. The van der Waals surface area contributed by atoms with Crippen molar-refractivity contribution in [1.82, 2.24) is 10.4 Å². The number of carbonyl (C=O) groups is 1. The molecular formula is C20H15BrN4O5. The standard InChI is InChI=1S/C20H15BrN4O5/c1-29-18-10-13(11-23-24-20(26)15-4-2-3-5-16(15)21)6-8-17(18)30-19-9-7-14(12-22-19)25(27)28/h2-12H,1H3,(H,24,26)/b23-11+. The molecule has 2 aromatic carbocycles. The predicted molar refractivity (Wildman–Crippen MR) is 113 cm³/mol. The predicted octanol–water partition coefficient (Wildman–Crippen LogP) is 4.32. The minimum atomic E-state index is -0.541. The molecule has 0 saturated carbocycles. The number of pyridine rings is 1. The minimum absolute atomic E-state index is 0.134. The van der Waals surface area contributed by atoms with Crippen LogP contribution in [-0.4, -0.2) is 29.1 Å². The summed E-state index contributed by atoms with van der Waals surface area (Å²) in [7, 11) is 1.47. The zero-order chi connectivity index (χ0) is 21.5. The molecule has 3 aromatic rings. The van der Waals surface area contributed by atoms with Crippen LogP contribution < -0.4 is 14.9 Å². The number of nitrogens with one attached hydrogen (secondary N) is 1. The molecule has 0 radical (unpaired) electrons. The van der Waals surface area contributed by atoms with E-state index >= 15 is 0 Å². The van der Waals surface area contributed by atoms with Gasteiger partial charge in [-0.25, -0.2) is 10.4 Å². The summed E-state index contributed by atoms with van der Waals surface area (Å²) in [5.74, 6) is 0.598. The molecule has 0 fully saturated rings. The van der Waals surface area contributed by atoms with Crippen LogP contribution in [0.2, 0.25) is 0 Å². The summed E-state index contributed by atoms with van der Waals surface area (Å²) in [4.78, 5) is 26.2. The summed E-state index contributed by atoms with van der Waals surface area (Å²) >= 11 is 3.32. The van der Waals surface area contributed by atoms with Gasteiger partial charge in [-0.2, -0.15) is 5.10 Å². The Kier molecular flexibility index (Phi) is 6.71. The topological polar surface area (TPSA) is 116 Å². The minimum Gasteiger partial charge on any atom is -0.493 e. The summed E-state index contributed by atoms with van der Waals surface area (Å²) in [5, 5.41) is 14.7. The van der Waals surface area contributed by atoms with Crippen LogP contribution in [0.15, 0.2) is 70.4 Å². The maximum Gasteiger partial charge on any atom is 0.287 e. The van der Waals surface area contributed by atoms with E-state index in [1.165, 1.54) is 25.5 Å². The molecule has 1 amide bonds. The third-order valence-electron chi connectivity index (χ3n) is 3.83. The molecule has 0 unspecified atom stereocenters. The third-order valence-corrected chi connectivity index (χ3v) is 4.52. The highest BCUT2D eigenvalue weighted by atomic mass is 79.9. The smallest absolute Gasteiger partial charge is 0.287 e. The van der Waals surface area contributed by atoms with Crippen molar-refractivity contribution in [3.63, 3.8) is 0 Å². The monoisotopic (exact) mass is 470 g/mol. The number of methoxy groups -OCH3 is 1. The van der Waals surface area contributed by atoms with Gasteiger partial charge >= 0.3 is 0 Å². The summed E-state index contributed by atoms with van der Waals surface area (Å²) in [5.41, 5.74) is 3.44. The number of aromatic nitrogens is 1. The van der Waals surface area contributed by atoms with Crippen molar-refractivity contribution in [1.29, 1.82) is 0 Å². The normalized spacial score (nSPS) is 10.6. The summed E-state index contributed by atoms with van der Waals surface area (Å²) in [6, 6.07) is 14.7. The molecule has 0 spiro atoms. The van der Waals surface area contributed by atoms with Crippen molar-refractivity contribution >= 4 is 33.7 Å². The molecular weight excluding hydrogens is 456 g/mol. The highest BCUT2D eigenvalue weighted by Gasteiger charge is 2.11. The Morgan fingerprint density at radius 1 is 1.20 bits per heavy atom. The van der Waals surface area contributed by atoms with Crippen molar-refractivity contribution in [2.75, 3.05) is 7.11 Å². The highest BCUT2D eigenvalue weighted by Crippen LogP contribution is 2.31. The molecule has 0 atom stereocenters. The number of hydrazone groups is 1. The number of hydrogen-bond donors (Lipinski definition) is 1. The first-order valence-corrected chi connectivity index (χ1v) is 9.31. The fraction of sp³-hybridized carbons (Fsp3) is 0.0500. The molecule has 1 heterocycles. The lowest BCUT2D eigenvalue weighted by atomic mass is 10.2. The molecule has 30 heavy (non-hydrogen) atoms. The van der Waals surface area contributed by atoms with Crippen molar-refractivity contribution < 1.29 is 19.2 Å². The molecule has 0 saturated heterocycles. The Morgan fingerprint density at radius 3 is 2.67 bits per heavy atom. The second kappa shape index (κ2) is 9.61. The molecule has 1 aromatic heterocycles. The molecule has 3 rings (SSSR count). The van der Waals surface area contributed by atoms with Crippen LogP contribution in [0.3, 0.4) is 0 Å². The Morgan fingerprint density at radius 2 is 2.00 bits per heavy atom. The van der Waals surface area contributed by atoms with Gasteiger partial charge in [0.15, 0.2) is 11.5 Å². The van der Waals surface area contributed by atoms with Gasteiger partial charge in [0.2, 0.25) is 5.88 Å². The molecule has 152 valence electrons. The average Bonchev–Trinajstić information content (AvgIpc) is 2.75. The zero-order valence-corrected chi connectivity index (χ0v) is 17.2. The third kappa shape index (κ3) is 5.17. The Hall–Kier alpha value is -3.79. The number of carbonyl (C=O) groups excluding carboxylic acids is 1. The van der Waals surface area contributed by atoms with Crippen LogP contribution in [0, 0.1) is 10.1 Å². The van der Waals surface area contributed by atoms with Crippen molar-refractivity contribution in [2.24, 2.45) is 5.10 Å². The second-order valence-electron chi connectivity index (χ2n) is 5.80. The number of hydrogen-bond acceptors (Lipinski definition) is 7. The zero-order valence-electron chi connectivity index (χ0n) is 15.6. The van der Waals surface area contributed by atoms with E-state index in [0.717, 1.165) is 6.20 Å². The van der Waals surface area contributed by atoms with Crippen LogP contribution in [0.5, 0.6) is 17.4 Å². The van der Waals surface area contributed by atoms with Crippen molar-refractivity contribution in [2.45, 2.75) is 0 Å². The molecule has 0 aliphatic carbocycles. The lowest BCUT2D eigenvalue weighted by molar-refractivity contribution is -0.385. The van der Waals surface area contributed by atoms with Gasteiger partial charge in [0, 0.05) is 16.6 Å². The number of halogens is 1. The van der Waals surface area contributed by atoms with E-state index < -0.39 is 4.92 Å². The number of benzene rings is 2. The molecule has 0 aliphatic rings. The lowest BCUT2D eigenvalue weighted by Crippen LogP contribution is -2.18. The average molecular weight is 471 g/mol. The quantitative estimate of drug-likeness (QED) is 0.312. The Balaban J connectivity index is 1.69. The van der Waals surface area contributed by atoms with Crippen LogP contribution in [0.1, 0.15) is 15.9 Å². The van der Waals surface area contributed by atoms with E-state index in [-0.39, 0.29) is 17.5 Å². The number of ether oxygens (including phenoxy) is 2. The largest absolute Gasteiger partial charge is 0.493 e. The first kappa shape index (κ1) is 20.9. The number of rotatable bonds is 7. The highest BCUT2D eigenvalue weighted by molar-refractivity contribution is 9.10. The first-order chi connectivity index (χ1) is 14.5. The summed E-state index contributed by atoms with van der Waals surface area (Å²) in [6.45, 7) is 0.